The highest BCUT2D eigenvalue weighted by molar-refractivity contribution is 6.30. The van der Waals surface area contributed by atoms with Gasteiger partial charge in [-0.1, -0.05) is 54.1 Å². The lowest BCUT2D eigenvalue weighted by Crippen LogP contribution is -2.40. The molecule has 4 rings (SSSR count). The zero-order valence-electron chi connectivity index (χ0n) is 19.0. The average molecular weight is 507 g/mol. The largest absolute Gasteiger partial charge is 0.479 e. The van der Waals surface area contributed by atoms with Crippen molar-refractivity contribution in [2.45, 2.75) is 25.0 Å². The summed E-state index contributed by atoms with van der Waals surface area (Å²) in [6, 6.07) is 20.4. The van der Waals surface area contributed by atoms with Crippen LogP contribution < -0.4 is 10.9 Å². The number of benzene rings is 2. The molecule has 1 amide bonds. The zero-order valence-corrected chi connectivity index (χ0v) is 19.7. The third-order valence-electron chi connectivity index (χ3n) is 5.57. The number of aromatic amines is 1. The van der Waals surface area contributed by atoms with Gasteiger partial charge in [0.1, 0.15) is 5.69 Å². The molecule has 10 heteroatoms. The first-order chi connectivity index (χ1) is 17.3. The normalized spacial score (nSPS) is 12.6. The summed E-state index contributed by atoms with van der Waals surface area (Å²) in [5, 5.41) is 25.2. The van der Waals surface area contributed by atoms with Gasteiger partial charge in [0.15, 0.2) is 11.9 Å². The molecule has 0 aliphatic carbocycles. The molecule has 0 saturated carbocycles. The van der Waals surface area contributed by atoms with E-state index >= 15 is 0 Å². The van der Waals surface area contributed by atoms with Crippen LogP contribution in [0.1, 0.15) is 22.5 Å². The summed E-state index contributed by atoms with van der Waals surface area (Å²) in [7, 11) is 0. The summed E-state index contributed by atoms with van der Waals surface area (Å²) in [6.07, 6.45) is -0.110. The maximum absolute atomic E-state index is 12.9. The molecular weight excluding hydrogens is 484 g/mol. The van der Waals surface area contributed by atoms with Crippen molar-refractivity contribution in [2.24, 2.45) is 0 Å². The minimum absolute atomic E-state index is 0.0169. The van der Waals surface area contributed by atoms with Gasteiger partial charge >= 0.3 is 5.97 Å². The van der Waals surface area contributed by atoms with Crippen molar-refractivity contribution in [3.05, 3.63) is 106 Å². The highest BCUT2D eigenvalue weighted by atomic mass is 35.5. The Hall–Kier alpha value is -4.21. The third kappa shape index (κ3) is 6.07. The van der Waals surface area contributed by atoms with Crippen LogP contribution in [0.15, 0.2) is 83.8 Å². The Labute approximate surface area is 211 Å². The number of rotatable bonds is 9. The van der Waals surface area contributed by atoms with E-state index in [4.69, 9.17) is 16.7 Å². The van der Waals surface area contributed by atoms with Crippen LogP contribution in [0.25, 0.3) is 16.9 Å². The van der Waals surface area contributed by atoms with E-state index < -0.39 is 29.6 Å². The van der Waals surface area contributed by atoms with Gasteiger partial charge in [0, 0.05) is 29.7 Å². The lowest BCUT2D eigenvalue weighted by Gasteiger charge is -2.20. The second-order valence-corrected chi connectivity index (χ2v) is 8.64. The number of H-pyrrole nitrogens is 1. The Morgan fingerprint density at radius 1 is 1.03 bits per heavy atom. The molecule has 0 bridgehead atoms. The number of hydrogen-bond donors (Lipinski definition) is 4. The first-order valence-electron chi connectivity index (χ1n) is 11.1. The number of nitrogens with one attached hydrogen (secondary N) is 2. The van der Waals surface area contributed by atoms with E-state index in [-0.39, 0.29) is 18.5 Å². The number of aromatic nitrogens is 3. The van der Waals surface area contributed by atoms with Gasteiger partial charge in [-0.15, -0.1) is 0 Å². The van der Waals surface area contributed by atoms with E-state index in [0.29, 0.717) is 10.8 Å². The predicted molar refractivity (Wildman–Crippen MR) is 134 cm³/mol. The fourth-order valence-electron chi connectivity index (χ4n) is 3.78. The van der Waals surface area contributed by atoms with E-state index in [1.165, 1.54) is 6.20 Å². The Bertz CT molecular complexity index is 1420. The maximum Gasteiger partial charge on any atom is 0.332 e. The Kier molecular flexibility index (Phi) is 7.62. The highest BCUT2D eigenvalue weighted by Crippen LogP contribution is 2.23. The fourth-order valence-corrected chi connectivity index (χ4v) is 3.97. The number of carbonyl (C=O) groups excluding carboxylic acids is 1. The number of nitrogens with zero attached hydrogens (tertiary/aromatic N) is 2. The molecule has 0 aliphatic rings. The van der Waals surface area contributed by atoms with Crippen molar-refractivity contribution in [3.63, 3.8) is 0 Å². The standard InChI is InChI=1S/C26H23ClN4O5/c27-19-5-3-4-18(13-19)17-9-7-16(8-10-17)12-20(14-22(32)26(35)36)29-25(34)21-15-24(33)31(30-21)23-6-1-2-11-28-23/h1-11,13,15,20,22,30,32H,12,14H2,(H,29,34)(H,35,36)/t20-,22-/m1/s1. The first-order valence-corrected chi connectivity index (χ1v) is 11.5. The molecule has 0 saturated heterocycles. The Morgan fingerprint density at radius 2 is 1.81 bits per heavy atom. The number of carboxylic acid groups (broad SMARTS) is 1. The molecule has 0 aliphatic heterocycles. The van der Waals surface area contributed by atoms with Crippen LogP contribution in [0, 0.1) is 0 Å². The average Bonchev–Trinajstić information content (AvgIpc) is 3.26. The number of aliphatic carboxylic acids is 1. The summed E-state index contributed by atoms with van der Waals surface area (Å²) in [6.45, 7) is 0. The number of pyridine rings is 1. The summed E-state index contributed by atoms with van der Waals surface area (Å²) in [4.78, 5) is 40.6. The third-order valence-corrected chi connectivity index (χ3v) is 5.80. The molecule has 2 heterocycles. The molecule has 0 radical (unpaired) electrons. The van der Waals surface area contributed by atoms with Gasteiger partial charge < -0.3 is 15.5 Å². The maximum atomic E-state index is 12.9. The van der Waals surface area contributed by atoms with Crippen LogP contribution in [0.4, 0.5) is 0 Å². The van der Waals surface area contributed by atoms with Crippen molar-refractivity contribution >= 4 is 23.5 Å². The minimum Gasteiger partial charge on any atom is -0.479 e. The van der Waals surface area contributed by atoms with Crippen LogP contribution in [-0.4, -0.2) is 49.0 Å². The van der Waals surface area contributed by atoms with Crippen molar-refractivity contribution < 1.29 is 19.8 Å². The molecule has 2 aromatic heterocycles. The van der Waals surface area contributed by atoms with Gasteiger partial charge in [0.05, 0.1) is 0 Å². The van der Waals surface area contributed by atoms with Crippen LogP contribution in [0.5, 0.6) is 0 Å². The quantitative estimate of drug-likeness (QED) is 0.275. The molecule has 2 atom stereocenters. The van der Waals surface area contributed by atoms with Gasteiger partial charge in [-0.25, -0.2) is 14.5 Å². The summed E-state index contributed by atoms with van der Waals surface area (Å²) < 4.78 is 1.13. The highest BCUT2D eigenvalue weighted by Gasteiger charge is 2.23. The number of aliphatic hydroxyl groups excluding tert-OH is 1. The van der Waals surface area contributed by atoms with Gasteiger partial charge in [0.25, 0.3) is 11.5 Å². The fraction of sp³-hybridized carbons (Fsp3) is 0.154. The molecule has 0 fully saturated rings. The van der Waals surface area contributed by atoms with E-state index in [1.54, 1.807) is 24.3 Å². The lowest BCUT2D eigenvalue weighted by molar-refractivity contribution is -0.147. The molecular formula is C26H23ClN4O5. The van der Waals surface area contributed by atoms with E-state index in [1.807, 2.05) is 42.5 Å². The second-order valence-electron chi connectivity index (χ2n) is 8.20. The molecule has 184 valence electrons. The molecule has 0 unspecified atom stereocenters. The number of carbonyl (C=O) groups is 2. The smallest absolute Gasteiger partial charge is 0.332 e. The van der Waals surface area contributed by atoms with Crippen LogP contribution in [-0.2, 0) is 11.2 Å². The predicted octanol–water partition coefficient (Wildman–Crippen LogP) is 3.06. The minimum atomic E-state index is -1.67. The van der Waals surface area contributed by atoms with Gasteiger partial charge in [0.2, 0.25) is 0 Å². The van der Waals surface area contributed by atoms with Gasteiger partial charge in [-0.2, -0.15) is 0 Å². The molecule has 2 aromatic carbocycles. The Balaban J connectivity index is 1.52. The summed E-state index contributed by atoms with van der Waals surface area (Å²) in [5.41, 5.74) is 2.22. The Morgan fingerprint density at radius 3 is 2.47 bits per heavy atom. The number of carboxylic acids is 1. The number of aliphatic hydroxyl groups is 1. The van der Waals surface area contributed by atoms with Gasteiger partial charge in [-0.3, -0.25) is 14.7 Å². The molecule has 4 N–H and O–H groups in total. The second kappa shape index (κ2) is 11.0. The van der Waals surface area contributed by atoms with Crippen molar-refractivity contribution in [3.8, 4) is 16.9 Å². The number of amides is 1. The monoisotopic (exact) mass is 506 g/mol. The van der Waals surface area contributed by atoms with E-state index in [0.717, 1.165) is 27.4 Å². The number of halogens is 1. The van der Waals surface area contributed by atoms with Crippen LogP contribution >= 0.6 is 11.6 Å². The van der Waals surface area contributed by atoms with Crippen LogP contribution in [0.2, 0.25) is 5.02 Å². The molecule has 4 aromatic rings. The molecule has 0 spiro atoms. The van der Waals surface area contributed by atoms with Gasteiger partial charge in [-0.05, 0) is 47.4 Å². The van der Waals surface area contributed by atoms with Crippen LogP contribution in [0.3, 0.4) is 0 Å². The summed E-state index contributed by atoms with van der Waals surface area (Å²) in [5.74, 6) is -1.68. The SMILES string of the molecule is O=C(N[C@H](Cc1ccc(-c2cccc(Cl)c2)cc1)C[C@@H](O)C(=O)O)c1cc(=O)n(-c2ccccn2)[nH]1. The number of hydrogen-bond acceptors (Lipinski definition) is 5. The van der Waals surface area contributed by atoms with Crippen molar-refractivity contribution in [2.75, 3.05) is 0 Å². The molecule has 36 heavy (non-hydrogen) atoms. The van der Waals surface area contributed by atoms with Crippen molar-refractivity contribution in [1.29, 1.82) is 0 Å². The van der Waals surface area contributed by atoms with E-state index in [2.05, 4.69) is 15.4 Å². The van der Waals surface area contributed by atoms with Crippen molar-refractivity contribution in [1.82, 2.24) is 20.1 Å². The zero-order chi connectivity index (χ0) is 25.7. The topological polar surface area (TPSA) is 137 Å². The van der Waals surface area contributed by atoms with E-state index in [9.17, 15) is 19.5 Å². The molecule has 9 nitrogen and oxygen atoms in total. The lowest BCUT2D eigenvalue weighted by atomic mass is 9.97. The summed E-state index contributed by atoms with van der Waals surface area (Å²) >= 11 is 6.07. The first kappa shape index (κ1) is 24.9.